The zero-order valence-corrected chi connectivity index (χ0v) is 12.1. The quantitative estimate of drug-likeness (QED) is 0.800. The van der Waals surface area contributed by atoms with Gasteiger partial charge in [0.15, 0.2) is 0 Å². The van der Waals surface area contributed by atoms with E-state index in [2.05, 4.69) is 27.0 Å². The first-order valence-electron chi connectivity index (χ1n) is 6.57. The SMILES string of the molecule is C=NCCc1[nH]c(NC(C)=O)nc1-c1ccc(OC)cc1. The normalized spacial score (nSPS) is 10.2. The number of H-pyrrole nitrogens is 1. The average molecular weight is 286 g/mol. The van der Waals surface area contributed by atoms with Gasteiger partial charge in [-0.2, -0.15) is 0 Å². The second kappa shape index (κ2) is 6.69. The number of aromatic nitrogens is 2. The standard InChI is InChI=1S/C15H18N4O2/c1-10(20)17-15-18-13(8-9-16-2)14(19-15)11-4-6-12(21-3)7-5-11/h4-7H,2,8-9H2,1,3H3,(H2,17,18,19,20). The molecule has 2 rings (SSSR count). The van der Waals surface area contributed by atoms with E-state index in [1.807, 2.05) is 24.3 Å². The summed E-state index contributed by atoms with van der Waals surface area (Å²) in [4.78, 5) is 22.6. The Morgan fingerprint density at radius 1 is 1.43 bits per heavy atom. The number of anilines is 1. The minimum absolute atomic E-state index is 0.168. The van der Waals surface area contributed by atoms with Gasteiger partial charge in [0.05, 0.1) is 12.8 Å². The number of carbonyl (C=O) groups is 1. The second-order valence-electron chi connectivity index (χ2n) is 4.52. The summed E-state index contributed by atoms with van der Waals surface area (Å²) >= 11 is 0. The number of carbonyl (C=O) groups excluding carboxylic acids is 1. The Bertz CT molecular complexity index is 632. The van der Waals surface area contributed by atoms with Gasteiger partial charge >= 0.3 is 0 Å². The number of aliphatic imine (C=N–C) groups is 1. The highest BCUT2D eigenvalue weighted by molar-refractivity contribution is 5.87. The average Bonchev–Trinajstić information content (AvgIpc) is 2.87. The number of amides is 1. The van der Waals surface area contributed by atoms with Gasteiger partial charge in [-0.25, -0.2) is 4.98 Å². The molecule has 0 spiro atoms. The molecule has 1 aromatic heterocycles. The van der Waals surface area contributed by atoms with Crippen LogP contribution in [0.3, 0.4) is 0 Å². The van der Waals surface area contributed by atoms with E-state index < -0.39 is 0 Å². The molecule has 21 heavy (non-hydrogen) atoms. The number of rotatable bonds is 6. The van der Waals surface area contributed by atoms with E-state index in [1.54, 1.807) is 7.11 Å². The lowest BCUT2D eigenvalue weighted by Gasteiger charge is -2.03. The summed E-state index contributed by atoms with van der Waals surface area (Å²) in [5, 5.41) is 2.66. The summed E-state index contributed by atoms with van der Waals surface area (Å²) in [5.41, 5.74) is 2.66. The maximum absolute atomic E-state index is 11.2. The molecule has 1 aromatic carbocycles. The largest absolute Gasteiger partial charge is 0.497 e. The van der Waals surface area contributed by atoms with Gasteiger partial charge in [-0.05, 0) is 31.0 Å². The molecule has 0 aliphatic rings. The third-order valence-electron chi connectivity index (χ3n) is 2.96. The van der Waals surface area contributed by atoms with E-state index in [-0.39, 0.29) is 5.91 Å². The van der Waals surface area contributed by atoms with Crippen LogP contribution < -0.4 is 10.1 Å². The third-order valence-corrected chi connectivity index (χ3v) is 2.96. The molecule has 6 nitrogen and oxygen atoms in total. The van der Waals surface area contributed by atoms with Crippen molar-refractivity contribution in [3.63, 3.8) is 0 Å². The van der Waals surface area contributed by atoms with Crippen molar-refractivity contribution in [2.75, 3.05) is 19.0 Å². The maximum Gasteiger partial charge on any atom is 0.223 e. The van der Waals surface area contributed by atoms with Gasteiger partial charge in [0.25, 0.3) is 0 Å². The molecule has 0 unspecified atom stereocenters. The Kier molecular flexibility index (Phi) is 4.71. The van der Waals surface area contributed by atoms with Crippen molar-refractivity contribution in [3.05, 3.63) is 30.0 Å². The first kappa shape index (κ1) is 14.8. The van der Waals surface area contributed by atoms with Crippen molar-refractivity contribution in [2.45, 2.75) is 13.3 Å². The van der Waals surface area contributed by atoms with E-state index in [1.165, 1.54) is 6.92 Å². The molecule has 2 aromatic rings. The molecule has 1 heterocycles. The van der Waals surface area contributed by atoms with Gasteiger partial charge < -0.3 is 14.7 Å². The molecule has 0 saturated carbocycles. The Hall–Kier alpha value is -2.63. The molecule has 0 aliphatic heterocycles. The molecule has 0 aliphatic carbocycles. The molecule has 0 radical (unpaired) electrons. The molecule has 0 fully saturated rings. The van der Waals surface area contributed by atoms with Crippen LogP contribution in [0.15, 0.2) is 29.3 Å². The predicted octanol–water partition coefficient (Wildman–Crippen LogP) is 2.29. The van der Waals surface area contributed by atoms with Crippen molar-refractivity contribution in [3.8, 4) is 17.0 Å². The van der Waals surface area contributed by atoms with Gasteiger partial charge in [0.2, 0.25) is 11.9 Å². The number of methoxy groups -OCH3 is 1. The van der Waals surface area contributed by atoms with Crippen molar-refractivity contribution >= 4 is 18.6 Å². The predicted molar refractivity (Wildman–Crippen MR) is 83.0 cm³/mol. The van der Waals surface area contributed by atoms with Crippen molar-refractivity contribution in [1.82, 2.24) is 9.97 Å². The topological polar surface area (TPSA) is 79.4 Å². The van der Waals surface area contributed by atoms with Gasteiger partial charge in [-0.15, -0.1) is 0 Å². The van der Waals surface area contributed by atoms with Crippen LogP contribution in [0.1, 0.15) is 12.6 Å². The molecule has 6 heteroatoms. The Morgan fingerprint density at radius 3 is 2.71 bits per heavy atom. The first-order valence-corrected chi connectivity index (χ1v) is 6.57. The molecule has 0 atom stereocenters. The summed E-state index contributed by atoms with van der Waals surface area (Å²) in [6.45, 7) is 5.52. The number of imidazole rings is 1. The van der Waals surface area contributed by atoms with Gasteiger partial charge in [-0.3, -0.25) is 10.1 Å². The fourth-order valence-corrected chi connectivity index (χ4v) is 1.99. The minimum Gasteiger partial charge on any atom is -0.497 e. The summed E-state index contributed by atoms with van der Waals surface area (Å²) in [6.07, 6.45) is 0.678. The lowest BCUT2D eigenvalue weighted by Crippen LogP contribution is -2.07. The molecule has 1 amide bonds. The first-order chi connectivity index (χ1) is 10.1. The van der Waals surface area contributed by atoms with Crippen LogP contribution in [-0.2, 0) is 11.2 Å². The lowest BCUT2D eigenvalue weighted by molar-refractivity contribution is -0.114. The van der Waals surface area contributed by atoms with E-state index in [0.29, 0.717) is 18.9 Å². The fourth-order valence-electron chi connectivity index (χ4n) is 1.99. The van der Waals surface area contributed by atoms with Crippen LogP contribution in [0.4, 0.5) is 5.95 Å². The number of benzene rings is 1. The maximum atomic E-state index is 11.2. The van der Waals surface area contributed by atoms with E-state index in [4.69, 9.17) is 4.74 Å². The smallest absolute Gasteiger partial charge is 0.223 e. The summed E-state index contributed by atoms with van der Waals surface area (Å²) in [5.74, 6) is 1.05. The summed E-state index contributed by atoms with van der Waals surface area (Å²) in [6, 6.07) is 7.60. The monoisotopic (exact) mass is 286 g/mol. The Morgan fingerprint density at radius 2 is 2.14 bits per heavy atom. The van der Waals surface area contributed by atoms with E-state index >= 15 is 0 Å². The van der Waals surface area contributed by atoms with Crippen molar-refractivity contribution < 1.29 is 9.53 Å². The zero-order valence-electron chi connectivity index (χ0n) is 12.1. The number of nitrogens with one attached hydrogen (secondary N) is 2. The number of aromatic amines is 1. The fraction of sp³-hybridized carbons (Fsp3) is 0.267. The highest BCUT2D eigenvalue weighted by Crippen LogP contribution is 2.26. The van der Waals surface area contributed by atoms with Crippen LogP contribution >= 0.6 is 0 Å². The molecule has 0 bridgehead atoms. The van der Waals surface area contributed by atoms with Crippen LogP contribution in [-0.4, -0.2) is 36.2 Å². The van der Waals surface area contributed by atoms with E-state index in [9.17, 15) is 4.79 Å². The lowest BCUT2D eigenvalue weighted by atomic mass is 10.1. The Labute approximate surface area is 123 Å². The van der Waals surface area contributed by atoms with Crippen LogP contribution in [0.2, 0.25) is 0 Å². The van der Waals surface area contributed by atoms with Crippen LogP contribution in [0, 0.1) is 0 Å². The van der Waals surface area contributed by atoms with Gasteiger partial charge in [0.1, 0.15) is 5.75 Å². The molecular formula is C15H18N4O2. The molecule has 110 valence electrons. The van der Waals surface area contributed by atoms with Crippen molar-refractivity contribution in [1.29, 1.82) is 0 Å². The van der Waals surface area contributed by atoms with E-state index in [0.717, 1.165) is 22.7 Å². The number of hydrogen-bond acceptors (Lipinski definition) is 4. The summed E-state index contributed by atoms with van der Waals surface area (Å²) < 4.78 is 5.15. The highest BCUT2D eigenvalue weighted by atomic mass is 16.5. The molecule has 2 N–H and O–H groups in total. The number of ether oxygens (including phenoxy) is 1. The van der Waals surface area contributed by atoms with Crippen LogP contribution in [0.25, 0.3) is 11.3 Å². The third kappa shape index (κ3) is 3.68. The molecule has 0 saturated heterocycles. The van der Waals surface area contributed by atoms with Crippen LogP contribution in [0.5, 0.6) is 5.75 Å². The molecular weight excluding hydrogens is 268 g/mol. The second-order valence-corrected chi connectivity index (χ2v) is 4.52. The zero-order chi connectivity index (χ0) is 15.2. The number of hydrogen-bond donors (Lipinski definition) is 2. The highest BCUT2D eigenvalue weighted by Gasteiger charge is 2.12. The summed E-state index contributed by atoms with van der Waals surface area (Å²) in [7, 11) is 1.62. The van der Waals surface area contributed by atoms with Gasteiger partial charge in [0, 0.05) is 31.1 Å². The minimum atomic E-state index is -0.168. The number of nitrogens with zero attached hydrogens (tertiary/aromatic N) is 2. The van der Waals surface area contributed by atoms with Gasteiger partial charge in [-0.1, -0.05) is 0 Å². The Balaban J connectivity index is 2.35. The van der Waals surface area contributed by atoms with Crippen molar-refractivity contribution in [2.24, 2.45) is 4.99 Å².